The fourth-order valence-electron chi connectivity index (χ4n) is 3.17. The van der Waals surface area contributed by atoms with Gasteiger partial charge in [0.2, 0.25) is 0 Å². The summed E-state index contributed by atoms with van der Waals surface area (Å²) >= 11 is 0. The summed E-state index contributed by atoms with van der Waals surface area (Å²) < 4.78 is 0. The van der Waals surface area contributed by atoms with Gasteiger partial charge in [-0.05, 0) is 56.8 Å². The summed E-state index contributed by atoms with van der Waals surface area (Å²) in [6.07, 6.45) is 12.8. The van der Waals surface area contributed by atoms with Gasteiger partial charge >= 0.3 is 0 Å². The highest BCUT2D eigenvalue weighted by Gasteiger charge is 2.43. The molecule has 2 bridgehead atoms. The second-order valence-electron chi connectivity index (χ2n) is 5.67. The summed E-state index contributed by atoms with van der Waals surface area (Å²) in [6, 6.07) is 0. The normalized spacial score (nSPS) is 39.1. The van der Waals surface area contributed by atoms with Crippen molar-refractivity contribution in [3.05, 3.63) is 23.8 Å². The van der Waals surface area contributed by atoms with Crippen LogP contribution in [0.3, 0.4) is 0 Å². The molecular formula is C14H22. The van der Waals surface area contributed by atoms with E-state index in [4.69, 9.17) is 0 Å². The van der Waals surface area contributed by atoms with Crippen molar-refractivity contribution in [1.29, 1.82) is 0 Å². The fourth-order valence-corrected chi connectivity index (χ4v) is 3.17. The quantitative estimate of drug-likeness (QED) is 0.581. The first-order valence-corrected chi connectivity index (χ1v) is 5.92. The van der Waals surface area contributed by atoms with E-state index < -0.39 is 0 Å². The van der Waals surface area contributed by atoms with Crippen molar-refractivity contribution < 1.29 is 0 Å². The number of allylic oxidation sites excluding steroid dienone is 4. The monoisotopic (exact) mass is 190 g/mol. The predicted octanol–water partition coefficient (Wildman–Crippen LogP) is 4.34. The lowest BCUT2D eigenvalue weighted by molar-refractivity contribution is 0.242. The van der Waals surface area contributed by atoms with Crippen molar-refractivity contribution in [3.8, 4) is 0 Å². The van der Waals surface area contributed by atoms with E-state index in [9.17, 15) is 0 Å². The zero-order chi connectivity index (χ0) is 10.2. The second kappa shape index (κ2) is 3.56. The average Bonchev–Trinajstić information content (AvgIpc) is 2.62. The number of rotatable bonds is 3. The molecule has 0 N–H and O–H groups in total. The minimum atomic E-state index is 0.616. The number of fused-ring (bicyclic) bond motifs is 2. The smallest absolute Gasteiger partial charge is 0.0173 e. The Bertz CT molecular complexity index is 268. The molecule has 0 amide bonds. The van der Waals surface area contributed by atoms with Crippen molar-refractivity contribution >= 4 is 0 Å². The third-order valence-electron chi connectivity index (χ3n) is 4.06. The molecule has 0 aromatic heterocycles. The molecule has 2 rings (SSSR count). The minimum absolute atomic E-state index is 0.616. The van der Waals surface area contributed by atoms with E-state index in [2.05, 4.69) is 39.0 Å². The topological polar surface area (TPSA) is 0 Å². The van der Waals surface area contributed by atoms with Gasteiger partial charge in [0, 0.05) is 0 Å². The van der Waals surface area contributed by atoms with Crippen molar-refractivity contribution in [2.24, 2.45) is 17.3 Å². The van der Waals surface area contributed by atoms with E-state index in [0.717, 1.165) is 11.8 Å². The lowest BCUT2D eigenvalue weighted by Gasteiger charge is -2.31. The molecule has 1 saturated carbocycles. The van der Waals surface area contributed by atoms with E-state index in [1.807, 2.05) is 0 Å². The molecule has 1 fully saturated rings. The van der Waals surface area contributed by atoms with Crippen LogP contribution in [-0.4, -0.2) is 0 Å². The maximum Gasteiger partial charge on any atom is -0.0173 e. The van der Waals surface area contributed by atoms with E-state index in [0.29, 0.717) is 5.41 Å². The van der Waals surface area contributed by atoms with Gasteiger partial charge in [0.1, 0.15) is 0 Å². The van der Waals surface area contributed by atoms with Crippen LogP contribution in [0.1, 0.15) is 46.5 Å². The molecular weight excluding hydrogens is 168 g/mol. The zero-order valence-electron chi connectivity index (χ0n) is 9.72. The zero-order valence-corrected chi connectivity index (χ0v) is 9.72. The SMILES string of the molecule is CC(C)=CCC[C@@]1(C)CC2C=CC1C2. The van der Waals surface area contributed by atoms with Crippen LogP contribution in [0.2, 0.25) is 0 Å². The van der Waals surface area contributed by atoms with E-state index in [1.165, 1.54) is 31.3 Å². The maximum atomic E-state index is 2.49. The largest absolute Gasteiger partial charge is 0.0859 e. The first-order chi connectivity index (χ1) is 6.60. The van der Waals surface area contributed by atoms with Gasteiger partial charge in [-0.3, -0.25) is 0 Å². The van der Waals surface area contributed by atoms with E-state index >= 15 is 0 Å². The van der Waals surface area contributed by atoms with Crippen molar-refractivity contribution in [1.82, 2.24) is 0 Å². The van der Waals surface area contributed by atoms with Crippen LogP contribution in [0, 0.1) is 17.3 Å². The van der Waals surface area contributed by atoms with Gasteiger partial charge in [-0.2, -0.15) is 0 Å². The molecule has 2 aliphatic carbocycles. The number of hydrogen-bond acceptors (Lipinski definition) is 0. The van der Waals surface area contributed by atoms with Crippen LogP contribution >= 0.6 is 0 Å². The van der Waals surface area contributed by atoms with Crippen molar-refractivity contribution in [2.75, 3.05) is 0 Å². The highest BCUT2D eigenvalue weighted by Crippen LogP contribution is 2.54. The highest BCUT2D eigenvalue weighted by atomic mass is 14.5. The molecule has 14 heavy (non-hydrogen) atoms. The van der Waals surface area contributed by atoms with Crippen molar-refractivity contribution in [3.63, 3.8) is 0 Å². The Kier molecular flexibility index (Phi) is 2.55. The first kappa shape index (κ1) is 10.0. The predicted molar refractivity (Wildman–Crippen MR) is 62.1 cm³/mol. The Morgan fingerprint density at radius 1 is 1.43 bits per heavy atom. The van der Waals surface area contributed by atoms with Gasteiger partial charge in [-0.25, -0.2) is 0 Å². The Morgan fingerprint density at radius 3 is 2.71 bits per heavy atom. The Morgan fingerprint density at radius 2 is 2.21 bits per heavy atom. The van der Waals surface area contributed by atoms with Crippen LogP contribution in [0.4, 0.5) is 0 Å². The van der Waals surface area contributed by atoms with Crippen LogP contribution in [0.5, 0.6) is 0 Å². The summed E-state index contributed by atoms with van der Waals surface area (Å²) in [5.74, 6) is 1.80. The maximum absolute atomic E-state index is 2.49. The molecule has 78 valence electrons. The van der Waals surface area contributed by atoms with Gasteiger partial charge in [0.25, 0.3) is 0 Å². The molecule has 2 unspecified atom stereocenters. The van der Waals surface area contributed by atoms with Crippen molar-refractivity contribution in [2.45, 2.75) is 46.5 Å². The minimum Gasteiger partial charge on any atom is -0.0859 e. The second-order valence-corrected chi connectivity index (χ2v) is 5.67. The van der Waals surface area contributed by atoms with Crippen LogP contribution in [0.25, 0.3) is 0 Å². The molecule has 0 aliphatic heterocycles. The van der Waals surface area contributed by atoms with E-state index in [-0.39, 0.29) is 0 Å². The summed E-state index contributed by atoms with van der Waals surface area (Å²) in [4.78, 5) is 0. The Hall–Kier alpha value is -0.520. The lowest BCUT2D eigenvalue weighted by atomic mass is 9.74. The van der Waals surface area contributed by atoms with Gasteiger partial charge in [-0.1, -0.05) is 30.7 Å². The lowest BCUT2D eigenvalue weighted by Crippen LogP contribution is -2.21. The van der Waals surface area contributed by atoms with Gasteiger partial charge in [0.05, 0.1) is 0 Å². The third kappa shape index (κ3) is 1.80. The number of hydrogen-bond donors (Lipinski definition) is 0. The van der Waals surface area contributed by atoms with Gasteiger partial charge in [-0.15, -0.1) is 0 Å². The molecule has 0 spiro atoms. The van der Waals surface area contributed by atoms with Crippen LogP contribution in [-0.2, 0) is 0 Å². The van der Waals surface area contributed by atoms with E-state index in [1.54, 1.807) is 0 Å². The highest BCUT2D eigenvalue weighted by molar-refractivity contribution is 5.14. The molecule has 2 aliphatic rings. The molecule has 0 aromatic carbocycles. The average molecular weight is 190 g/mol. The summed E-state index contributed by atoms with van der Waals surface area (Å²) in [5.41, 5.74) is 2.08. The van der Waals surface area contributed by atoms with Gasteiger partial charge < -0.3 is 0 Å². The third-order valence-corrected chi connectivity index (χ3v) is 4.06. The Labute approximate surface area is 88.1 Å². The molecule has 0 heteroatoms. The molecule has 0 radical (unpaired) electrons. The fraction of sp³-hybridized carbons (Fsp3) is 0.714. The first-order valence-electron chi connectivity index (χ1n) is 5.92. The Balaban J connectivity index is 1.92. The molecule has 3 atom stereocenters. The summed E-state index contributed by atoms with van der Waals surface area (Å²) in [7, 11) is 0. The molecule has 0 heterocycles. The standard InChI is InChI=1S/C14H22/c1-11(2)5-4-8-14(3)10-12-6-7-13(14)9-12/h5-7,12-13H,4,8-10H2,1-3H3/t12?,13?,14-/m0/s1. The van der Waals surface area contributed by atoms with Crippen LogP contribution in [0.15, 0.2) is 23.8 Å². The van der Waals surface area contributed by atoms with Crippen LogP contribution < -0.4 is 0 Å². The molecule has 0 nitrogen and oxygen atoms in total. The summed E-state index contributed by atoms with van der Waals surface area (Å²) in [6.45, 7) is 6.88. The summed E-state index contributed by atoms with van der Waals surface area (Å²) in [5, 5.41) is 0. The van der Waals surface area contributed by atoms with Gasteiger partial charge in [0.15, 0.2) is 0 Å². The molecule has 0 aromatic rings. The molecule has 0 saturated heterocycles.